The molecule has 0 amide bonds. The Morgan fingerprint density at radius 1 is 1.09 bits per heavy atom. The summed E-state index contributed by atoms with van der Waals surface area (Å²) < 4.78 is 44.5. The van der Waals surface area contributed by atoms with Gasteiger partial charge in [0.15, 0.2) is 5.16 Å². The second-order valence-electron chi connectivity index (χ2n) is 7.03. The van der Waals surface area contributed by atoms with Gasteiger partial charge < -0.3 is 16.2 Å². The van der Waals surface area contributed by atoms with Gasteiger partial charge in [-0.3, -0.25) is 0 Å². The molecule has 6 nitrogen and oxygen atoms in total. The van der Waals surface area contributed by atoms with Crippen molar-refractivity contribution in [2.24, 2.45) is 5.73 Å². The zero-order chi connectivity index (χ0) is 23.8. The van der Waals surface area contributed by atoms with E-state index < -0.39 is 17.7 Å². The van der Waals surface area contributed by atoms with Crippen LogP contribution in [0.3, 0.4) is 0 Å². The van der Waals surface area contributed by atoms with Gasteiger partial charge in [0, 0.05) is 10.8 Å². The van der Waals surface area contributed by atoms with Gasteiger partial charge in [-0.2, -0.15) is 23.4 Å². The summed E-state index contributed by atoms with van der Waals surface area (Å²) in [6.45, 7) is 0. The topological polar surface area (TPSA) is 111 Å². The molecule has 3 aromatic rings. The Hall–Kier alpha value is -3.42. The first kappa shape index (κ1) is 22.8. The maximum atomic E-state index is 13.0. The molecule has 4 N–H and O–H groups in total. The minimum absolute atomic E-state index is 0.00836. The fourth-order valence-corrected chi connectivity index (χ4v) is 4.51. The molecule has 33 heavy (non-hydrogen) atoms. The standard InChI is InChI=1S/C22H15ClF3N5OS/c23-15-4-2-1-3-12(15)10-33-21-30-18(28)17-16(14(9-27)19(29)32-20(17)31-21)11-5-7-13(8-6-11)22(24,25)26/h1-8,16H,10,29H2,(H2,28,30,31)/t16-/m0/s1. The summed E-state index contributed by atoms with van der Waals surface area (Å²) in [4.78, 5) is 8.68. The normalized spacial score (nSPS) is 15.5. The highest BCUT2D eigenvalue weighted by Gasteiger charge is 2.36. The number of halogens is 4. The number of fused-ring (bicyclic) bond motifs is 1. The van der Waals surface area contributed by atoms with Crippen LogP contribution in [0.1, 0.15) is 28.2 Å². The smallest absolute Gasteiger partial charge is 0.416 e. The molecule has 0 saturated heterocycles. The summed E-state index contributed by atoms with van der Waals surface area (Å²) in [5, 5.41) is 10.5. The van der Waals surface area contributed by atoms with Crippen LogP contribution >= 0.6 is 23.4 Å². The van der Waals surface area contributed by atoms with Gasteiger partial charge in [0.2, 0.25) is 11.8 Å². The number of hydrogen-bond donors (Lipinski definition) is 2. The molecule has 0 spiro atoms. The number of anilines is 1. The van der Waals surface area contributed by atoms with E-state index in [1.165, 1.54) is 23.9 Å². The van der Waals surface area contributed by atoms with Gasteiger partial charge >= 0.3 is 6.18 Å². The van der Waals surface area contributed by atoms with Crippen molar-refractivity contribution in [1.29, 1.82) is 5.26 Å². The first-order valence-electron chi connectivity index (χ1n) is 9.47. The van der Waals surface area contributed by atoms with Crippen molar-refractivity contribution >= 4 is 29.2 Å². The number of nitrogens with zero attached hydrogens (tertiary/aromatic N) is 3. The molecular formula is C22H15ClF3N5OS. The Balaban J connectivity index is 1.72. The van der Waals surface area contributed by atoms with Crippen molar-refractivity contribution in [3.05, 3.63) is 87.3 Å². The average molecular weight is 490 g/mol. The number of benzene rings is 2. The summed E-state index contributed by atoms with van der Waals surface area (Å²) in [7, 11) is 0. The third-order valence-electron chi connectivity index (χ3n) is 4.98. The van der Waals surface area contributed by atoms with Gasteiger partial charge in [-0.15, -0.1) is 0 Å². The molecule has 0 fully saturated rings. The Morgan fingerprint density at radius 3 is 2.42 bits per heavy atom. The van der Waals surface area contributed by atoms with Crippen LogP contribution in [0.2, 0.25) is 5.02 Å². The second-order valence-corrected chi connectivity index (χ2v) is 8.38. The Morgan fingerprint density at radius 2 is 1.79 bits per heavy atom. The minimum Gasteiger partial charge on any atom is -0.422 e. The lowest BCUT2D eigenvalue weighted by molar-refractivity contribution is -0.137. The zero-order valence-corrected chi connectivity index (χ0v) is 18.3. The van der Waals surface area contributed by atoms with Gasteiger partial charge in [-0.05, 0) is 29.3 Å². The number of allylic oxidation sites excluding steroid dienone is 1. The number of nitrogen functional groups attached to an aromatic ring is 1. The van der Waals surface area contributed by atoms with E-state index in [1.54, 1.807) is 6.07 Å². The summed E-state index contributed by atoms with van der Waals surface area (Å²) in [6.07, 6.45) is -4.49. The molecule has 2 aromatic carbocycles. The maximum Gasteiger partial charge on any atom is 0.416 e. The molecule has 0 saturated carbocycles. The third-order valence-corrected chi connectivity index (χ3v) is 6.24. The number of nitrogens with two attached hydrogens (primary N) is 2. The molecule has 1 aromatic heterocycles. The Labute approximate surface area is 196 Å². The molecule has 1 aliphatic heterocycles. The van der Waals surface area contributed by atoms with Gasteiger partial charge in [0.25, 0.3) is 0 Å². The van der Waals surface area contributed by atoms with Crippen LogP contribution in [0, 0.1) is 11.3 Å². The molecule has 4 rings (SSSR count). The third kappa shape index (κ3) is 4.55. The highest BCUT2D eigenvalue weighted by molar-refractivity contribution is 7.98. The van der Waals surface area contributed by atoms with E-state index >= 15 is 0 Å². The van der Waals surface area contributed by atoms with Gasteiger partial charge in [-0.1, -0.05) is 53.7 Å². The highest BCUT2D eigenvalue weighted by atomic mass is 35.5. The monoisotopic (exact) mass is 489 g/mol. The zero-order valence-electron chi connectivity index (χ0n) is 16.7. The molecular weight excluding hydrogens is 475 g/mol. The van der Waals surface area contributed by atoms with Gasteiger partial charge in [-0.25, -0.2) is 4.98 Å². The van der Waals surface area contributed by atoms with Crippen molar-refractivity contribution in [2.45, 2.75) is 23.0 Å². The number of ether oxygens (including phenoxy) is 1. The fourth-order valence-electron chi connectivity index (χ4n) is 3.38. The van der Waals surface area contributed by atoms with Crippen molar-refractivity contribution in [3.63, 3.8) is 0 Å². The van der Waals surface area contributed by atoms with E-state index in [0.717, 1.165) is 17.7 Å². The Bertz CT molecular complexity index is 1290. The van der Waals surface area contributed by atoms with E-state index in [4.69, 9.17) is 27.8 Å². The quantitative estimate of drug-likeness (QED) is 0.380. The highest BCUT2D eigenvalue weighted by Crippen LogP contribution is 2.44. The first-order valence-corrected chi connectivity index (χ1v) is 10.8. The molecule has 2 heterocycles. The number of nitriles is 1. The van der Waals surface area contributed by atoms with Crippen LogP contribution < -0.4 is 16.2 Å². The van der Waals surface area contributed by atoms with Gasteiger partial charge in [0.1, 0.15) is 17.5 Å². The SMILES string of the molecule is N#CC1=C(N)Oc2nc(SCc3ccccc3Cl)nc(N)c2[C@H]1c1ccc(C(F)(F)F)cc1. The Kier molecular flexibility index (Phi) is 6.10. The van der Waals surface area contributed by atoms with E-state index in [9.17, 15) is 18.4 Å². The maximum absolute atomic E-state index is 13.0. The largest absolute Gasteiger partial charge is 0.422 e. The number of thioether (sulfide) groups is 1. The minimum atomic E-state index is -4.49. The second kappa shape index (κ2) is 8.84. The van der Waals surface area contributed by atoms with E-state index in [-0.39, 0.29) is 28.7 Å². The molecule has 0 radical (unpaired) electrons. The molecule has 11 heteroatoms. The number of hydrogen-bond acceptors (Lipinski definition) is 7. The molecule has 1 atom stereocenters. The van der Waals surface area contributed by atoms with Crippen LogP contribution in [0.15, 0.2) is 65.1 Å². The fraction of sp³-hybridized carbons (Fsp3) is 0.136. The molecule has 0 bridgehead atoms. The molecule has 168 valence electrons. The van der Waals surface area contributed by atoms with E-state index in [1.807, 2.05) is 24.3 Å². The summed E-state index contributed by atoms with van der Waals surface area (Å²) >= 11 is 7.46. The van der Waals surface area contributed by atoms with E-state index in [0.29, 0.717) is 21.5 Å². The molecule has 0 unspecified atom stereocenters. The lowest BCUT2D eigenvalue weighted by Crippen LogP contribution is -2.24. The van der Waals surface area contributed by atoms with E-state index in [2.05, 4.69) is 9.97 Å². The van der Waals surface area contributed by atoms with Gasteiger partial charge in [0.05, 0.1) is 17.0 Å². The number of aromatic nitrogens is 2. The first-order chi connectivity index (χ1) is 15.7. The average Bonchev–Trinajstić information content (AvgIpc) is 2.77. The molecule has 1 aliphatic rings. The summed E-state index contributed by atoms with van der Waals surface area (Å²) in [5.41, 5.74) is 12.9. The number of rotatable bonds is 4. The van der Waals surface area contributed by atoms with Crippen LogP contribution in [-0.2, 0) is 11.9 Å². The van der Waals surface area contributed by atoms with Crippen LogP contribution in [-0.4, -0.2) is 9.97 Å². The van der Waals surface area contributed by atoms with Crippen LogP contribution in [0.25, 0.3) is 0 Å². The summed E-state index contributed by atoms with van der Waals surface area (Å²) in [5.74, 6) is -0.522. The summed E-state index contributed by atoms with van der Waals surface area (Å²) in [6, 6.07) is 13.7. The van der Waals surface area contributed by atoms with Crippen LogP contribution in [0.4, 0.5) is 19.0 Å². The molecule has 0 aliphatic carbocycles. The van der Waals surface area contributed by atoms with Crippen LogP contribution in [0.5, 0.6) is 5.88 Å². The van der Waals surface area contributed by atoms with Crippen molar-refractivity contribution < 1.29 is 17.9 Å². The predicted molar refractivity (Wildman–Crippen MR) is 118 cm³/mol. The van der Waals surface area contributed by atoms with Crippen molar-refractivity contribution in [3.8, 4) is 11.9 Å². The predicted octanol–water partition coefficient (Wildman–Crippen LogP) is 5.24. The lowest BCUT2D eigenvalue weighted by Gasteiger charge is -2.26. The number of alkyl halides is 3. The lowest BCUT2D eigenvalue weighted by atomic mass is 9.84. The van der Waals surface area contributed by atoms with Crippen molar-refractivity contribution in [1.82, 2.24) is 9.97 Å². The van der Waals surface area contributed by atoms with Crippen molar-refractivity contribution in [2.75, 3.05) is 5.73 Å².